The third-order valence-electron chi connectivity index (χ3n) is 4.43. The zero-order valence-electron chi connectivity index (χ0n) is 12.3. The maximum atomic E-state index is 5.98. The van der Waals surface area contributed by atoms with E-state index in [1.807, 2.05) is 0 Å². The van der Waals surface area contributed by atoms with Crippen molar-refractivity contribution in [1.29, 1.82) is 0 Å². The molecular formula is C14H29NO3. The van der Waals surface area contributed by atoms with E-state index in [-0.39, 0.29) is 0 Å². The van der Waals surface area contributed by atoms with Gasteiger partial charge in [0, 0.05) is 18.6 Å². The standard InChI is InChI=1S/C14H29NO3/c1-5-14(6-2)12(15-3)11-13(14)18-10-9-17-8-7-16-4/h12-13,15H,5-11H2,1-4H3. The van der Waals surface area contributed by atoms with E-state index < -0.39 is 0 Å². The van der Waals surface area contributed by atoms with Crippen LogP contribution in [0.15, 0.2) is 0 Å². The Balaban J connectivity index is 2.22. The Morgan fingerprint density at radius 3 is 2.33 bits per heavy atom. The second-order valence-electron chi connectivity index (χ2n) is 4.98. The number of hydrogen-bond donors (Lipinski definition) is 1. The Labute approximate surface area is 111 Å². The van der Waals surface area contributed by atoms with Crippen molar-refractivity contribution in [2.75, 3.05) is 40.6 Å². The number of rotatable bonds is 10. The van der Waals surface area contributed by atoms with Gasteiger partial charge in [-0.2, -0.15) is 0 Å². The van der Waals surface area contributed by atoms with Gasteiger partial charge in [-0.25, -0.2) is 0 Å². The lowest BCUT2D eigenvalue weighted by Gasteiger charge is -2.55. The van der Waals surface area contributed by atoms with Crippen LogP contribution < -0.4 is 5.32 Å². The second kappa shape index (κ2) is 8.10. The van der Waals surface area contributed by atoms with Gasteiger partial charge in [0.2, 0.25) is 0 Å². The molecule has 1 N–H and O–H groups in total. The lowest BCUT2D eigenvalue weighted by atomic mass is 9.59. The molecule has 2 atom stereocenters. The van der Waals surface area contributed by atoms with Crippen molar-refractivity contribution in [1.82, 2.24) is 5.32 Å². The molecule has 0 aromatic carbocycles. The molecule has 0 radical (unpaired) electrons. The highest BCUT2D eigenvalue weighted by atomic mass is 16.5. The molecule has 1 aliphatic carbocycles. The minimum atomic E-state index is 0.321. The van der Waals surface area contributed by atoms with Crippen LogP contribution in [0.1, 0.15) is 33.1 Å². The van der Waals surface area contributed by atoms with Crippen LogP contribution in [0.5, 0.6) is 0 Å². The first-order valence-corrected chi connectivity index (χ1v) is 7.10. The van der Waals surface area contributed by atoms with Crippen LogP contribution in [-0.4, -0.2) is 52.7 Å². The van der Waals surface area contributed by atoms with Crippen LogP contribution in [0.25, 0.3) is 0 Å². The molecule has 0 aromatic rings. The van der Waals surface area contributed by atoms with E-state index >= 15 is 0 Å². The largest absolute Gasteiger partial charge is 0.382 e. The molecule has 108 valence electrons. The molecule has 4 nitrogen and oxygen atoms in total. The van der Waals surface area contributed by atoms with Gasteiger partial charge in [-0.05, 0) is 26.3 Å². The third kappa shape index (κ3) is 3.44. The summed E-state index contributed by atoms with van der Waals surface area (Å²) in [6.07, 6.45) is 3.85. The molecule has 1 fully saturated rings. The molecule has 0 saturated heterocycles. The quantitative estimate of drug-likeness (QED) is 0.608. The molecule has 0 amide bonds. The number of methoxy groups -OCH3 is 1. The van der Waals surface area contributed by atoms with Gasteiger partial charge >= 0.3 is 0 Å². The van der Waals surface area contributed by atoms with Gasteiger partial charge in [0.15, 0.2) is 0 Å². The van der Waals surface area contributed by atoms with E-state index in [1.54, 1.807) is 7.11 Å². The van der Waals surface area contributed by atoms with Crippen molar-refractivity contribution < 1.29 is 14.2 Å². The summed E-state index contributed by atoms with van der Waals surface area (Å²) in [5.74, 6) is 0. The van der Waals surface area contributed by atoms with Crippen molar-refractivity contribution in [2.45, 2.75) is 45.3 Å². The fourth-order valence-electron chi connectivity index (χ4n) is 3.08. The number of nitrogens with one attached hydrogen (secondary N) is 1. The third-order valence-corrected chi connectivity index (χ3v) is 4.43. The molecule has 1 saturated carbocycles. The summed E-state index contributed by atoms with van der Waals surface area (Å²) in [6.45, 7) is 7.17. The highest BCUT2D eigenvalue weighted by molar-refractivity contribution is 5.06. The molecular weight excluding hydrogens is 230 g/mol. The highest BCUT2D eigenvalue weighted by Crippen LogP contribution is 2.48. The maximum Gasteiger partial charge on any atom is 0.0704 e. The number of ether oxygens (including phenoxy) is 3. The van der Waals surface area contributed by atoms with Crippen molar-refractivity contribution in [2.24, 2.45) is 5.41 Å². The Kier molecular flexibility index (Phi) is 7.15. The van der Waals surface area contributed by atoms with Crippen molar-refractivity contribution >= 4 is 0 Å². The van der Waals surface area contributed by atoms with E-state index in [9.17, 15) is 0 Å². The van der Waals surface area contributed by atoms with Crippen molar-refractivity contribution in [3.8, 4) is 0 Å². The topological polar surface area (TPSA) is 39.7 Å². The summed E-state index contributed by atoms with van der Waals surface area (Å²) in [7, 11) is 3.73. The van der Waals surface area contributed by atoms with E-state index in [0.29, 0.717) is 44.0 Å². The van der Waals surface area contributed by atoms with Crippen LogP contribution in [-0.2, 0) is 14.2 Å². The molecule has 2 unspecified atom stereocenters. The molecule has 0 aliphatic heterocycles. The maximum absolute atomic E-state index is 5.98. The Bertz CT molecular complexity index is 219. The summed E-state index contributed by atoms with van der Waals surface area (Å²) in [6, 6.07) is 0.604. The minimum absolute atomic E-state index is 0.321. The van der Waals surface area contributed by atoms with Crippen LogP contribution >= 0.6 is 0 Å². The fourth-order valence-corrected chi connectivity index (χ4v) is 3.08. The predicted molar refractivity (Wildman–Crippen MR) is 72.9 cm³/mol. The van der Waals surface area contributed by atoms with Crippen molar-refractivity contribution in [3.05, 3.63) is 0 Å². The fraction of sp³-hybridized carbons (Fsp3) is 1.00. The predicted octanol–water partition coefficient (Wildman–Crippen LogP) is 1.83. The Morgan fingerprint density at radius 2 is 1.78 bits per heavy atom. The van der Waals surface area contributed by atoms with Gasteiger partial charge in [-0.1, -0.05) is 13.8 Å². The SMILES string of the molecule is CCC1(CC)C(NC)CC1OCCOCCOC. The van der Waals surface area contributed by atoms with Crippen LogP contribution in [0, 0.1) is 5.41 Å². The van der Waals surface area contributed by atoms with E-state index in [0.717, 1.165) is 6.42 Å². The molecule has 0 aromatic heterocycles. The first-order chi connectivity index (χ1) is 8.75. The average molecular weight is 259 g/mol. The van der Waals surface area contributed by atoms with Gasteiger partial charge in [0.25, 0.3) is 0 Å². The first kappa shape index (κ1) is 15.9. The van der Waals surface area contributed by atoms with Crippen LogP contribution in [0.2, 0.25) is 0 Å². The highest BCUT2D eigenvalue weighted by Gasteiger charge is 2.52. The molecule has 0 heterocycles. The van der Waals surface area contributed by atoms with Crippen LogP contribution in [0.3, 0.4) is 0 Å². The first-order valence-electron chi connectivity index (χ1n) is 7.10. The zero-order valence-corrected chi connectivity index (χ0v) is 12.3. The Hall–Kier alpha value is -0.160. The smallest absolute Gasteiger partial charge is 0.0704 e. The van der Waals surface area contributed by atoms with E-state index in [2.05, 4.69) is 26.2 Å². The molecule has 4 heteroatoms. The Morgan fingerprint density at radius 1 is 1.11 bits per heavy atom. The van der Waals surface area contributed by atoms with Gasteiger partial charge in [0.05, 0.1) is 32.5 Å². The van der Waals surface area contributed by atoms with E-state index in [4.69, 9.17) is 14.2 Å². The summed E-state index contributed by atoms with van der Waals surface area (Å²) in [5.41, 5.74) is 0.321. The lowest BCUT2D eigenvalue weighted by Crippen LogP contribution is -2.62. The summed E-state index contributed by atoms with van der Waals surface area (Å²) < 4.78 is 16.3. The summed E-state index contributed by atoms with van der Waals surface area (Å²) in [4.78, 5) is 0. The number of hydrogen-bond acceptors (Lipinski definition) is 4. The van der Waals surface area contributed by atoms with Crippen molar-refractivity contribution in [3.63, 3.8) is 0 Å². The molecule has 18 heavy (non-hydrogen) atoms. The van der Waals surface area contributed by atoms with Gasteiger partial charge in [-0.15, -0.1) is 0 Å². The average Bonchev–Trinajstić information content (AvgIpc) is 2.38. The summed E-state index contributed by atoms with van der Waals surface area (Å²) in [5, 5.41) is 3.41. The molecule has 0 spiro atoms. The second-order valence-corrected chi connectivity index (χ2v) is 4.98. The van der Waals surface area contributed by atoms with Gasteiger partial charge in [0.1, 0.15) is 0 Å². The monoisotopic (exact) mass is 259 g/mol. The normalized spacial score (nSPS) is 26.0. The molecule has 1 aliphatic rings. The minimum Gasteiger partial charge on any atom is -0.382 e. The molecule has 1 rings (SSSR count). The van der Waals surface area contributed by atoms with Gasteiger partial charge in [-0.3, -0.25) is 0 Å². The lowest BCUT2D eigenvalue weighted by molar-refractivity contribution is -0.147. The van der Waals surface area contributed by atoms with E-state index in [1.165, 1.54) is 12.8 Å². The zero-order chi connectivity index (χ0) is 13.4. The van der Waals surface area contributed by atoms with Gasteiger partial charge < -0.3 is 19.5 Å². The summed E-state index contributed by atoms with van der Waals surface area (Å²) >= 11 is 0. The van der Waals surface area contributed by atoms with Crippen LogP contribution in [0.4, 0.5) is 0 Å². The molecule has 0 bridgehead atoms.